The number of rotatable bonds is 6. The molecule has 3 aromatic carbocycles. The van der Waals surface area contributed by atoms with Crippen molar-refractivity contribution in [2.24, 2.45) is 0 Å². The third-order valence-electron chi connectivity index (χ3n) is 6.71. The van der Waals surface area contributed by atoms with Crippen molar-refractivity contribution < 1.29 is 18.7 Å². The first-order valence-electron chi connectivity index (χ1n) is 12.6. The van der Waals surface area contributed by atoms with E-state index in [2.05, 4.69) is 24.5 Å². The van der Waals surface area contributed by atoms with Crippen molar-refractivity contribution >= 4 is 34.7 Å². The van der Waals surface area contributed by atoms with Gasteiger partial charge in [0.1, 0.15) is 17.3 Å². The van der Waals surface area contributed by atoms with Gasteiger partial charge in [-0.3, -0.25) is 9.59 Å². The monoisotopic (exact) mass is 540 g/mol. The van der Waals surface area contributed by atoms with Crippen LogP contribution in [0.1, 0.15) is 51.5 Å². The third kappa shape index (κ3) is 5.76. The Morgan fingerprint density at radius 1 is 1.03 bits per heavy atom. The fourth-order valence-corrected chi connectivity index (χ4v) is 4.87. The zero-order valence-electron chi connectivity index (χ0n) is 22.2. The number of ether oxygens (including phenoxy) is 1. The minimum Gasteiger partial charge on any atom is -0.497 e. The SMILES string of the molecule is COc1ccc2c(c1)/C(=C/C(=O)c1ccc(NC(=O)c3cc(-c4ccc(Cl)cc4)oc3C)cc1)NC(C)(C)C2. The molecule has 7 heteroatoms. The van der Waals surface area contributed by atoms with E-state index in [9.17, 15) is 9.59 Å². The van der Waals surface area contributed by atoms with Gasteiger partial charge in [-0.15, -0.1) is 0 Å². The van der Waals surface area contributed by atoms with Gasteiger partial charge in [0, 0.05) is 44.7 Å². The summed E-state index contributed by atoms with van der Waals surface area (Å²) in [7, 11) is 1.63. The van der Waals surface area contributed by atoms with E-state index >= 15 is 0 Å². The number of allylic oxidation sites excluding steroid dienone is 1. The lowest BCUT2D eigenvalue weighted by Crippen LogP contribution is -2.43. The van der Waals surface area contributed by atoms with Gasteiger partial charge in [0.2, 0.25) is 0 Å². The summed E-state index contributed by atoms with van der Waals surface area (Å²) in [6.45, 7) is 5.96. The normalized spacial score (nSPS) is 14.8. The van der Waals surface area contributed by atoms with Crippen molar-refractivity contribution in [2.45, 2.75) is 32.7 Å². The molecule has 6 nitrogen and oxygen atoms in total. The zero-order chi connectivity index (χ0) is 27.7. The lowest BCUT2D eigenvalue weighted by molar-refractivity contribution is 0.102. The van der Waals surface area contributed by atoms with Crippen LogP contribution < -0.4 is 15.4 Å². The van der Waals surface area contributed by atoms with Crippen LogP contribution in [0.4, 0.5) is 5.69 Å². The number of fused-ring (bicyclic) bond motifs is 1. The number of furan rings is 1. The Bertz CT molecular complexity index is 1580. The molecule has 0 radical (unpaired) electrons. The lowest BCUT2D eigenvalue weighted by Gasteiger charge is -2.35. The topological polar surface area (TPSA) is 80.6 Å². The number of carbonyl (C=O) groups excluding carboxylic acids is 2. The minimum absolute atomic E-state index is 0.139. The number of carbonyl (C=O) groups is 2. The Balaban J connectivity index is 1.32. The quantitative estimate of drug-likeness (QED) is 0.198. The Kier molecular flexibility index (Phi) is 7.06. The van der Waals surface area contributed by atoms with E-state index in [1.54, 1.807) is 62.6 Å². The van der Waals surface area contributed by atoms with Crippen LogP contribution in [0, 0.1) is 6.92 Å². The predicted octanol–water partition coefficient (Wildman–Crippen LogP) is 7.32. The Morgan fingerprint density at radius 3 is 2.44 bits per heavy atom. The standard InChI is InChI=1S/C32H29ClN2O4/c1-19-26(16-30(39-19)21-5-10-23(33)11-6-21)31(37)34-24-12-7-20(8-13-24)29(36)17-28-27-15-25(38-4)14-9-22(27)18-32(2,3)35-28/h5-17,35H,18H2,1-4H3,(H,34,37)/b28-17-. The fraction of sp³-hybridized carbons (Fsp3) is 0.188. The van der Waals surface area contributed by atoms with Gasteiger partial charge in [-0.05, 0) is 99.5 Å². The molecule has 39 heavy (non-hydrogen) atoms. The number of hydrogen-bond donors (Lipinski definition) is 2. The molecule has 0 fully saturated rings. The van der Waals surface area contributed by atoms with Gasteiger partial charge >= 0.3 is 0 Å². The van der Waals surface area contributed by atoms with E-state index in [0.29, 0.717) is 33.4 Å². The number of methoxy groups -OCH3 is 1. The molecule has 1 aliphatic heterocycles. The molecule has 2 heterocycles. The van der Waals surface area contributed by atoms with E-state index in [1.165, 1.54) is 0 Å². The maximum Gasteiger partial charge on any atom is 0.259 e. The van der Waals surface area contributed by atoms with Gasteiger partial charge in [0.15, 0.2) is 5.78 Å². The van der Waals surface area contributed by atoms with E-state index < -0.39 is 0 Å². The molecule has 1 aromatic heterocycles. The summed E-state index contributed by atoms with van der Waals surface area (Å²) in [5.41, 5.74) is 5.03. The average molecular weight is 541 g/mol. The minimum atomic E-state index is -0.295. The van der Waals surface area contributed by atoms with Gasteiger partial charge in [-0.2, -0.15) is 0 Å². The van der Waals surface area contributed by atoms with E-state index in [0.717, 1.165) is 34.6 Å². The predicted molar refractivity (Wildman–Crippen MR) is 155 cm³/mol. The third-order valence-corrected chi connectivity index (χ3v) is 6.96. The number of aryl methyl sites for hydroxylation is 1. The number of hydrogen-bond acceptors (Lipinski definition) is 5. The molecule has 0 aliphatic carbocycles. The van der Waals surface area contributed by atoms with Crippen LogP contribution in [0.5, 0.6) is 5.75 Å². The van der Waals surface area contributed by atoms with Gasteiger partial charge in [-0.1, -0.05) is 17.7 Å². The number of ketones is 1. The highest BCUT2D eigenvalue weighted by atomic mass is 35.5. The van der Waals surface area contributed by atoms with Crippen LogP contribution in [-0.2, 0) is 6.42 Å². The second-order valence-electron chi connectivity index (χ2n) is 10.2. The molecule has 0 saturated carbocycles. The van der Waals surface area contributed by atoms with Crippen molar-refractivity contribution in [3.05, 3.63) is 112 Å². The zero-order valence-corrected chi connectivity index (χ0v) is 23.0. The smallest absolute Gasteiger partial charge is 0.259 e. The summed E-state index contributed by atoms with van der Waals surface area (Å²) < 4.78 is 11.2. The highest BCUT2D eigenvalue weighted by Crippen LogP contribution is 2.33. The number of anilines is 1. The first-order chi connectivity index (χ1) is 18.6. The summed E-state index contributed by atoms with van der Waals surface area (Å²) >= 11 is 5.97. The van der Waals surface area contributed by atoms with E-state index in [4.69, 9.17) is 20.8 Å². The Labute approximate surface area is 232 Å². The van der Waals surface area contributed by atoms with Crippen molar-refractivity contribution in [3.63, 3.8) is 0 Å². The van der Waals surface area contributed by atoms with Crippen molar-refractivity contribution in [1.29, 1.82) is 0 Å². The summed E-state index contributed by atoms with van der Waals surface area (Å²) in [5, 5.41) is 7.00. The van der Waals surface area contributed by atoms with Crippen LogP contribution in [-0.4, -0.2) is 24.3 Å². The number of halogens is 1. The maximum atomic E-state index is 13.2. The van der Waals surface area contributed by atoms with Gasteiger partial charge in [-0.25, -0.2) is 0 Å². The van der Waals surface area contributed by atoms with Crippen LogP contribution >= 0.6 is 11.6 Å². The Hall–Kier alpha value is -4.29. The molecule has 0 spiro atoms. The Morgan fingerprint density at radius 2 is 1.74 bits per heavy atom. The second-order valence-corrected chi connectivity index (χ2v) is 10.7. The number of amides is 1. The first kappa shape index (κ1) is 26.3. The molecule has 5 rings (SSSR count). The van der Waals surface area contributed by atoms with E-state index in [-0.39, 0.29) is 17.2 Å². The molecule has 198 valence electrons. The van der Waals surface area contributed by atoms with Gasteiger partial charge in [0.05, 0.1) is 12.7 Å². The van der Waals surface area contributed by atoms with Crippen molar-refractivity contribution in [2.75, 3.05) is 12.4 Å². The van der Waals surface area contributed by atoms with Crippen LogP contribution in [0.3, 0.4) is 0 Å². The molecule has 4 aromatic rings. The fourth-order valence-electron chi connectivity index (χ4n) is 4.75. The molecule has 0 saturated heterocycles. The summed E-state index contributed by atoms with van der Waals surface area (Å²) in [6, 6.07) is 21.7. The number of nitrogens with one attached hydrogen (secondary N) is 2. The van der Waals surface area contributed by atoms with Crippen LogP contribution in [0.25, 0.3) is 17.0 Å². The summed E-state index contributed by atoms with van der Waals surface area (Å²) in [4.78, 5) is 26.1. The maximum absolute atomic E-state index is 13.2. The number of benzene rings is 3. The first-order valence-corrected chi connectivity index (χ1v) is 13.0. The second kappa shape index (κ2) is 10.5. The van der Waals surface area contributed by atoms with Gasteiger partial charge in [0.25, 0.3) is 5.91 Å². The summed E-state index contributed by atoms with van der Waals surface area (Å²) in [5.74, 6) is 1.40. The molecule has 1 amide bonds. The highest BCUT2D eigenvalue weighted by molar-refractivity contribution is 6.30. The summed E-state index contributed by atoms with van der Waals surface area (Å²) in [6.07, 6.45) is 2.46. The average Bonchev–Trinajstić information content (AvgIpc) is 3.30. The molecular weight excluding hydrogens is 512 g/mol. The van der Waals surface area contributed by atoms with Crippen LogP contribution in [0.15, 0.2) is 83.3 Å². The molecule has 0 bridgehead atoms. The largest absolute Gasteiger partial charge is 0.497 e. The van der Waals surface area contributed by atoms with Crippen molar-refractivity contribution in [1.82, 2.24) is 5.32 Å². The van der Waals surface area contributed by atoms with E-state index in [1.807, 2.05) is 30.3 Å². The van der Waals surface area contributed by atoms with Gasteiger partial charge < -0.3 is 19.8 Å². The van der Waals surface area contributed by atoms with Crippen molar-refractivity contribution in [3.8, 4) is 17.1 Å². The van der Waals surface area contributed by atoms with Crippen LogP contribution in [0.2, 0.25) is 5.02 Å². The molecule has 0 unspecified atom stereocenters. The molecule has 1 aliphatic rings. The molecule has 0 atom stereocenters. The highest BCUT2D eigenvalue weighted by Gasteiger charge is 2.28. The lowest BCUT2D eigenvalue weighted by atomic mass is 9.85. The molecule has 2 N–H and O–H groups in total. The molecular formula is C32H29ClN2O4.